The van der Waals surface area contributed by atoms with E-state index in [2.05, 4.69) is 6.07 Å². The Bertz CT molecular complexity index is 1060. The molecule has 130 valence electrons. The van der Waals surface area contributed by atoms with Gasteiger partial charge in [0.2, 0.25) is 0 Å². The molecule has 0 saturated carbocycles. The molecular weight excluding hydrogens is 330 g/mol. The Morgan fingerprint density at radius 3 is 2.92 bits per heavy atom. The molecule has 2 aromatic rings. The van der Waals surface area contributed by atoms with Crippen LogP contribution in [0, 0.1) is 5.92 Å². The second-order valence-electron chi connectivity index (χ2n) is 7.09. The maximum absolute atomic E-state index is 13.1. The van der Waals surface area contributed by atoms with E-state index in [1.807, 2.05) is 24.3 Å². The summed E-state index contributed by atoms with van der Waals surface area (Å²) in [6.07, 6.45) is 2.55. The van der Waals surface area contributed by atoms with Crippen molar-refractivity contribution in [1.29, 1.82) is 0 Å². The lowest BCUT2D eigenvalue weighted by Gasteiger charge is -2.35. The van der Waals surface area contributed by atoms with Gasteiger partial charge in [0, 0.05) is 16.5 Å². The number of esters is 1. The number of aromatic nitrogens is 1. The summed E-state index contributed by atoms with van der Waals surface area (Å²) >= 11 is 0. The van der Waals surface area contributed by atoms with Gasteiger partial charge in [-0.15, -0.1) is 0 Å². The molecule has 0 saturated heterocycles. The minimum absolute atomic E-state index is 0.0681. The highest BCUT2D eigenvalue weighted by Crippen LogP contribution is 2.46. The summed E-state index contributed by atoms with van der Waals surface area (Å²) in [6.45, 7) is 1.64. The maximum atomic E-state index is 13.1. The Balaban J connectivity index is 1.73. The quantitative estimate of drug-likeness (QED) is 0.802. The zero-order valence-electron chi connectivity index (χ0n) is 14.3. The van der Waals surface area contributed by atoms with Crippen molar-refractivity contribution in [3.05, 3.63) is 58.8 Å². The third-order valence-corrected chi connectivity index (χ3v) is 5.76. The maximum Gasteiger partial charge on any atom is 0.343 e. The highest BCUT2D eigenvalue weighted by atomic mass is 16.6. The van der Waals surface area contributed by atoms with Crippen LogP contribution >= 0.6 is 0 Å². The molecule has 0 radical (unpaired) electrons. The fourth-order valence-electron chi connectivity index (χ4n) is 4.27. The number of Topliss-reactive ketones (excluding diaryl/α,β-unsaturated/α-hetero) is 1. The molecule has 1 aromatic heterocycles. The number of benzene rings is 1. The number of allylic oxidation sites excluding steroid dienone is 1. The van der Waals surface area contributed by atoms with E-state index >= 15 is 0 Å². The fraction of sp³-hybridized carbons (Fsp3) is 0.286. The number of nitrogens with zero attached hydrogens (tertiary/aromatic N) is 1. The molecule has 1 N–H and O–H groups in total. The second kappa shape index (κ2) is 5.11. The van der Waals surface area contributed by atoms with Crippen molar-refractivity contribution >= 4 is 28.2 Å². The standard InChI is InChI=1S/C21H17NO4/c1-2-21(25)16-9-13-14(19(23)15(16)10-26-20(21)24)8-12-7-11-5-3-4-6-17(11)22-18(12)13/h3-7,9,14,25H,2,8,10H2,1H3/t14?,21-/m0/s1. The van der Waals surface area contributed by atoms with Gasteiger partial charge in [0.05, 0.1) is 17.1 Å². The third-order valence-electron chi connectivity index (χ3n) is 5.76. The molecular formula is C21H17NO4. The van der Waals surface area contributed by atoms with Crippen molar-refractivity contribution < 1.29 is 19.4 Å². The van der Waals surface area contributed by atoms with Crippen molar-refractivity contribution in [2.24, 2.45) is 5.92 Å². The molecule has 5 rings (SSSR count). The van der Waals surface area contributed by atoms with E-state index in [1.54, 1.807) is 13.0 Å². The van der Waals surface area contributed by atoms with Gasteiger partial charge in [0.25, 0.3) is 0 Å². The van der Waals surface area contributed by atoms with E-state index in [9.17, 15) is 14.7 Å². The first kappa shape index (κ1) is 15.5. The molecule has 2 heterocycles. The molecule has 0 spiro atoms. The summed E-state index contributed by atoms with van der Waals surface area (Å²) in [5, 5.41) is 11.9. The lowest BCUT2D eigenvalue weighted by molar-refractivity contribution is -0.163. The molecule has 26 heavy (non-hydrogen) atoms. The topological polar surface area (TPSA) is 76.5 Å². The molecule has 5 heteroatoms. The average molecular weight is 347 g/mol. The molecule has 1 aliphatic heterocycles. The lowest BCUT2D eigenvalue weighted by Crippen LogP contribution is -2.48. The Hall–Kier alpha value is -2.79. The van der Waals surface area contributed by atoms with Crippen molar-refractivity contribution in [2.75, 3.05) is 6.61 Å². The molecule has 3 aliphatic rings. The number of carbonyl (C=O) groups is 2. The molecule has 1 aromatic carbocycles. The monoisotopic (exact) mass is 347 g/mol. The summed E-state index contributed by atoms with van der Waals surface area (Å²) in [5.41, 5.74) is 2.53. The van der Waals surface area contributed by atoms with Crippen LogP contribution in [0.15, 0.2) is 47.6 Å². The van der Waals surface area contributed by atoms with Crippen molar-refractivity contribution in [3.63, 3.8) is 0 Å². The Kier molecular flexibility index (Phi) is 3.04. The first-order valence-corrected chi connectivity index (χ1v) is 8.81. The first-order chi connectivity index (χ1) is 12.5. The van der Waals surface area contributed by atoms with Crippen LogP contribution in [-0.2, 0) is 20.7 Å². The van der Waals surface area contributed by atoms with Crippen LogP contribution in [-0.4, -0.2) is 34.1 Å². The minimum atomic E-state index is -1.76. The van der Waals surface area contributed by atoms with Gasteiger partial charge >= 0.3 is 5.97 Å². The Morgan fingerprint density at radius 2 is 2.12 bits per heavy atom. The highest BCUT2D eigenvalue weighted by molar-refractivity contribution is 6.12. The van der Waals surface area contributed by atoms with E-state index in [4.69, 9.17) is 9.72 Å². The van der Waals surface area contributed by atoms with Gasteiger partial charge in [-0.05, 0) is 42.2 Å². The predicted octanol–water partition coefficient (Wildman–Crippen LogP) is 2.37. The summed E-state index contributed by atoms with van der Waals surface area (Å²) in [7, 11) is 0. The molecule has 2 aliphatic carbocycles. The number of cyclic esters (lactones) is 1. The van der Waals surface area contributed by atoms with Crippen molar-refractivity contribution in [3.8, 4) is 0 Å². The number of para-hydroxylation sites is 1. The van der Waals surface area contributed by atoms with Gasteiger partial charge in [-0.1, -0.05) is 25.1 Å². The number of aliphatic hydroxyl groups is 1. The SMILES string of the molecule is CC[C@@]1(O)C(=O)OCC2=C1C=C1c3nc4ccccc4cc3CC1C2=O. The minimum Gasteiger partial charge on any atom is -0.458 e. The van der Waals surface area contributed by atoms with Crippen LogP contribution in [0.2, 0.25) is 0 Å². The van der Waals surface area contributed by atoms with Gasteiger partial charge < -0.3 is 9.84 Å². The molecule has 2 atom stereocenters. The van der Waals surface area contributed by atoms with Gasteiger partial charge in [0.15, 0.2) is 11.4 Å². The first-order valence-electron chi connectivity index (χ1n) is 8.81. The molecule has 1 unspecified atom stereocenters. The lowest BCUT2D eigenvalue weighted by atomic mass is 9.75. The smallest absolute Gasteiger partial charge is 0.343 e. The Labute approximate surface area is 150 Å². The number of fused-ring (bicyclic) bond motifs is 4. The third kappa shape index (κ3) is 1.86. The van der Waals surface area contributed by atoms with Crippen LogP contribution in [0.25, 0.3) is 16.5 Å². The molecule has 0 bridgehead atoms. The highest BCUT2D eigenvalue weighted by Gasteiger charge is 2.50. The second-order valence-corrected chi connectivity index (χ2v) is 7.09. The summed E-state index contributed by atoms with van der Waals surface area (Å²) in [4.78, 5) is 30.0. The number of carbonyl (C=O) groups excluding carboxylic acids is 2. The summed E-state index contributed by atoms with van der Waals surface area (Å²) < 4.78 is 5.10. The van der Waals surface area contributed by atoms with E-state index in [-0.39, 0.29) is 24.7 Å². The predicted molar refractivity (Wildman–Crippen MR) is 95.1 cm³/mol. The van der Waals surface area contributed by atoms with Crippen molar-refractivity contribution in [1.82, 2.24) is 4.98 Å². The van der Waals surface area contributed by atoms with Crippen LogP contribution in [0.1, 0.15) is 24.6 Å². The van der Waals surface area contributed by atoms with Gasteiger partial charge in [-0.25, -0.2) is 9.78 Å². The van der Waals surface area contributed by atoms with Crippen LogP contribution in [0.4, 0.5) is 0 Å². The zero-order valence-corrected chi connectivity index (χ0v) is 14.3. The number of hydrogen-bond donors (Lipinski definition) is 1. The number of ether oxygens (including phenoxy) is 1. The fourth-order valence-corrected chi connectivity index (χ4v) is 4.27. The molecule has 0 fully saturated rings. The number of rotatable bonds is 1. The van der Waals surface area contributed by atoms with Crippen molar-refractivity contribution in [2.45, 2.75) is 25.4 Å². The Morgan fingerprint density at radius 1 is 1.31 bits per heavy atom. The van der Waals surface area contributed by atoms with Gasteiger partial charge in [-0.2, -0.15) is 0 Å². The molecule has 0 amide bonds. The van der Waals surface area contributed by atoms with Crippen LogP contribution < -0.4 is 0 Å². The summed E-state index contributed by atoms with van der Waals surface area (Å²) in [6, 6.07) is 9.93. The number of pyridine rings is 1. The van der Waals surface area contributed by atoms with E-state index in [0.29, 0.717) is 17.6 Å². The number of hydrogen-bond acceptors (Lipinski definition) is 5. The normalized spacial score (nSPS) is 27.0. The largest absolute Gasteiger partial charge is 0.458 e. The average Bonchev–Trinajstić information content (AvgIpc) is 3.01. The van der Waals surface area contributed by atoms with E-state index in [1.165, 1.54) is 0 Å². The van der Waals surface area contributed by atoms with Gasteiger partial charge in [0.1, 0.15) is 6.61 Å². The van der Waals surface area contributed by atoms with E-state index in [0.717, 1.165) is 27.7 Å². The van der Waals surface area contributed by atoms with Crippen LogP contribution in [0.5, 0.6) is 0 Å². The van der Waals surface area contributed by atoms with Crippen LogP contribution in [0.3, 0.4) is 0 Å². The summed E-state index contributed by atoms with van der Waals surface area (Å²) in [5.74, 6) is -1.07. The number of ketones is 1. The van der Waals surface area contributed by atoms with E-state index < -0.39 is 11.6 Å². The molecule has 5 nitrogen and oxygen atoms in total. The zero-order chi connectivity index (χ0) is 18.1. The van der Waals surface area contributed by atoms with Gasteiger partial charge in [-0.3, -0.25) is 4.79 Å².